The van der Waals surface area contributed by atoms with Crippen molar-refractivity contribution in [3.05, 3.63) is 23.8 Å². The van der Waals surface area contributed by atoms with Crippen LogP contribution >= 0.6 is 0 Å². The van der Waals surface area contributed by atoms with E-state index in [-0.39, 0.29) is 5.75 Å². The average molecular weight is 239 g/mol. The van der Waals surface area contributed by atoms with Gasteiger partial charge >= 0.3 is 0 Å². The van der Waals surface area contributed by atoms with Crippen LogP contribution in [-0.4, -0.2) is 29.0 Å². The van der Waals surface area contributed by atoms with E-state index in [0.717, 1.165) is 5.56 Å². The summed E-state index contributed by atoms with van der Waals surface area (Å²) in [5.74, 6) is 0.925. The molecule has 17 heavy (non-hydrogen) atoms. The molecule has 0 radical (unpaired) electrons. The Balaban J connectivity index is 2.75. The maximum Gasteiger partial charge on any atom is 0.120 e. The zero-order chi connectivity index (χ0) is 13.1. The molecular formula is C13H21NO3. The number of aromatic hydroxyl groups is 1. The van der Waals surface area contributed by atoms with Crippen molar-refractivity contribution < 1.29 is 14.9 Å². The summed E-state index contributed by atoms with van der Waals surface area (Å²) in [6.45, 7) is 6.03. The highest BCUT2D eigenvalue weighted by Crippen LogP contribution is 2.23. The minimum absolute atomic E-state index is 0.222. The van der Waals surface area contributed by atoms with E-state index in [4.69, 9.17) is 4.74 Å². The summed E-state index contributed by atoms with van der Waals surface area (Å²) in [4.78, 5) is 0. The molecule has 0 heterocycles. The highest BCUT2D eigenvalue weighted by molar-refractivity contribution is 5.39. The first-order valence-electron chi connectivity index (χ1n) is 5.66. The molecule has 0 amide bonds. The Morgan fingerprint density at radius 2 is 2.06 bits per heavy atom. The van der Waals surface area contributed by atoms with Crippen molar-refractivity contribution in [3.63, 3.8) is 0 Å². The first kappa shape index (κ1) is 13.8. The number of ether oxygens (including phenoxy) is 1. The molecule has 0 saturated heterocycles. The highest BCUT2D eigenvalue weighted by atomic mass is 16.5. The summed E-state index contributed by atoms with van der Waals surface area (Å²) < 4.78 is 5.10. The number of methoxy groups -OCH3 is 1. The van der Waals surface area contributed by atoms with E-state index in [1.807, 2.05) is 13.8 Å². The Morgan fingerprint density at radius 3 is 2.59 bits per heavy atom. The van der Waals surface area contributed by atoms with Crippen molar-refractivity contribution in [3.8, 4) is 11.5 Å². The van der Waals surface area contributed by atoms with Gasteiger partial charge in [0.2, 0.25) is 0 Å². The van der Waals surface area contributed by atoms with E-state index >= 15 is 0 Å². The fourth-order valence-corrected chi connectivity index (χ4v) is 1.30. The second-order valence-electron chi connectivity index (χ2n) is 4.75. The van der Waals surface area contributed by atoms with Gasteiger partial charge in [0.05, 0.1) is 13.2 Å². The van der Waals surface area contributed by atoms with Crippen molar-refractivity contribution in [2.75, 3.05) is 7.11 Å². The van der Waals surface area contributed by atoms with Crippen LogP contribution in [0.25, 0.3) is 0 Å². The zero-order valence-electron chi connectivity index (χ0n) is 10.8. The molecule has 3 N–H and O–H groups in total. The van der Waals surface area contributed by atoms with Crippen molar-refractivity contribution in [2.24, 2.45) is 0 Å². The smallest absolute Gasteiger partial charge is 0.120 e. The third-order valence-corrected chi connectivity index (χ3v) is 3.07. The lowest BCUT2D eigenvalue weighted by Gasteiger charge is -2.29. The van der Waals surface area contributed by atoms with E-state index in [9.17, 15) is 10.2 Å². The number of nitrogens with one attached hydrogen (secondary N) is 1. The maximum atomic E-state index is 9.71. The van der Waals surface area contributed by atoms with Gasteiger partial charge in [0.15, 0.2) is 0 Å². The summed E-state index contributed by atoms with van der Waals surface area (Å²) in [6.07, 6.45) is -0.477. The van der Waals surface area contributed by atoms with Crippen LogP contribution in [0.4, 0.5) is 0 Å². The summed E-state index contributed by atoms with van der Waals surface area (Å²) in [6, 6.07) is 5.09. The summed E-state index contributed by atoms with van der Waals surface area (Å²) in [7, 11) is 1.59. The van der Waals surface area contributed by atoms with Crippen LogP contribution in [0.15, 0.2) is 18.2 Å². The second-order valence-corrected chi connectivity index (χ2v) is 4.75. The molecule has 4 heteroatoms. The van der Waals surface area contributed by atoms with Crippen molar-refractivity contribution in [1.82, 2.24) is 5.32 Å². The SMILES string of the molecule is COc1ccc(O)c(CNC(C)(C)C(C)O)c1. The predicted octanol–water partition coefficient (Wildman–Crippen LogP) is 1.65. The summed E-state index contributed by atoms with van der Waals surface area (Å²) in [5.41, 5.74) is 0.341. The minimum atomic E-state index is -0.477. The van der Waals surface area contributed by atoms with Gasteiger partial charge in [0.1, 0.15) is 11.5 Å². The van der Waals surface area contributed by atoms with Crippen molar-refractivity contribution in [2.45, 2.75) is 39.0 Å². The molecule has 1 rings (SSSR count). The van der Waals surface area contributed by atoms with Gasteiger partial charge in [-0.05, 0) is 39.0 Å². The molecule has 0 spiro atoms. The molecule has 0 saturated carbocycles. The number of hydrogen-bond donors (Lipinski definition) is 3. The number of hydrogen-bond acceptors (Lipinski definition) is 4. The van der Waals surface area contributed by atoms with Crippen LogP contribution in [0.1, 0.15) is 26.3 Å². The van der Waals surface area contributed by atoms with Gasteiger partial charge in [-0.1, -0.05) is 0 Å². The van der Waals surface area contributed by atoms with Crippen LogP contribution in [0.5, 0.6) is 11.5 Å². The van der Waals surface area contributed by atoms with Gasteiger partial charge in [0.25, 0.3) is 0 Å². The van der Waals surface area contributed by atoms with Crippen LogP contribution < -0.4 is 10.1 Å². The topological polar surface area (TPSA) is 61.7 Å². The van der Waals surface area contributed by atoms with E-state index in [2.05, 4.69) is 5.32 Å². The zero-order valence-corrected chi connectivity index (χ0v) is 10.8. The van der Waals surface area contributed by atoms with E-state index < -0.39 is 11.6 Å². The minimum Gasteiger partial charge on any atom is -0.508 e. The van der Waals surface area contributed by atoms with Crippen LogP contribution in [-0.2, 0) is 6.54 Å². The van der Waals surface area contributed by atoms with Gasteiger partial charge < -0.3 is 20.3 Å². The largest absolute Gasteiger partial charge is 0.508 e. The first-order chi connectivity index (χ1) is 7.86. The molecule has 96 valence electrons. The normalized spacial score (nSPS) is 13.5. The molecule has 1 unspecified atom stereocenters. The Bertz CT molecular complexity index is 375. The quantitative estimate of drug-likeness (QED) is 0.731. The van der Waals surface area contributed by atoms with Crippen molar-refractivity contribution >= 4 is 0 Å². The standard InChI is InChI=1S/C13H21NO3/c1-9(15)13(2,3)14-8-10-7-11(17-4)5-6-12(10)16/h5-7,9,14-16H,8H2,1-4H3. The van der Waals surface area contributed by atoms with Crippen molar-refractivity contribution in [1.29, 1.82) is 0 Å². The highest BCUT2D eigenvalue weighted by Gasteiger charge is 2.23. The Labute approximate surface area is 102 Å². The number of benzene rings is 1. The molecule has 0 fully saturated rings. The molecule has 4 nitrogen and oxygen atoms in total. The van der Waals surface area contributed by atoms with Gasteiger partial charge in [-0.3, -0.25) is 0 Å². The van der Waals surface area contributed by atoms with Gasteiger partial charge in [-0.2, -0.15) is 0 Å². The lowest BCUT2D eigenvalue weighted by molar-refractivity contribution is 0.0955. The molecule has 0 aromatic heterocycles. The van der Waals surface area contributed by atoms with Crippen LogP contribution in [0, 0.1) is 0 Å². The van der Waals surface area contributed by atoms with Gasteiger partial charge in [-0.25, -0.2) is 0 Å². The molecule has 0 aliphatic rings. The van der Waals surface area contributed by atoms with E-state index in [1.165, 1.54) is 0 Å². The monoisotopic (exact) mass is 239 g/mol. The van der Waals surface area contributed by atoms with Crippen LogP contribution in [0.3, 0.4) is 0 Å². The number of phenolic OH excluding ortho intramolecular Hbond substituents is 1. The summed E-state index contributed by atoms with van der Waals surface area (Å²) in [5, 5.41) is 22.5. The fourth-order valence-electron chi connectivity index (χ4n) is 1.30. The number of phenols is 1. The molecule has 0 aliphatic carbocycles. The maximum absolute atomic E-state index is 9.71. The van der Waals surface area contributed by atoms with E-state index in [0.29, 0.717) is 12.3 Å². The van der Waals surface area contributed by atoms with E-state index in [1.54, 1.807) is 32.2 Å². The number of aliphatic hydroxyl groups is 1. The van der Waals surface area contributed by atoms with Gasteiger partial charge in [-0.15, -0.1) is 0 Å². The average Bonchev–Trinajstić information content (AvgIpc) is 2.28. The Kier molecular flexibility index (Phi) is 4.37. The fraction of sp³-hybridized carbons (Fsp3) is 0.538. The number of rotatable bonds is 5. The Hall–Kier alpha value is -1.26. The number of aliphatic hydroxyl groups excluding tert-OH is 1. The first-order valence-corrected chi connectivity index (χ1v) is 5.66. The third kappa shape index (κ3) is 3.61. The predicted molar refractivity (Wildman–Crippen MR) is 67.3 cm³/mol. The summed E-state index contributed by atoms with van der Waals surface area (Å²) >= 11 is 0. The second kappa shape index (κ2) is 5.38. The molecule has 1 aromatic carbocycles. The lowest BCUT2D eigenvalue weighted by atomic mass is 9.98. The molecular weight excluding hydrogens is 218 g/mol. The molecule has 0 aliphatic heterocycles. The molecule has 0 bridgehead atoms. The molecule has 1 atom stereocenters. The lowest BCUT2D eigenvalue weighted by Crippen LogP contribution is -2.47. The molecule has 1 aromatic rings. The van der Waals surface area contributed by atoms with Gasteiger partial charge in [0, 0.05) is 17.6 Å². The third-order valence-electron chi connectivity index (χ3n) is 3.07. The van der Waals surface area contributed by atoms with Crippen LogP contribution in [0.2, 0.25) is 0 Å². The Morgan fingerprint density at radius 1 is 1.41 bits per heavy atom.